The van der Waals surface area contributed by atoms with E-state index in [0.717, 1.165) is 48.9 Å². The van der Waals surface area contributed by atoms with Gasteiger partial charge in [-0.3, -0.25) is 4.79 Å². The highest BCUT2D eigenvalue weighted by Crippen LogP contribution is 2.29. The highest BCUT2D eigenvalue weighted by molar-refractivity contribution is 6.02. The lowest BCUT2D eigenvalue weighted by molar-refractivity contribution is 0.0708. The van der Waals surface area contributed by atoms with Gasteiger partial charge in [-0.05, 0) is 12.1 Å². The number of carbonyl (C=O) groups is 1. The molecular formula is C15H17N5O. The zero-order chi connectivity index (χ0) is 14.2. The molecule has 2 aliphatic rings. The molecule has 0 saturated carbocycles. The topological polar surface area (TPSA) is 62.2 Å². The number of anilines is 2. The number of amides is 1. The van der Waals surface area contributed by atoms with Gasteiger partial charge in [0.15, 0.2) is 0 Å². The lowest BCUT2D eigenvalue weighted by Gasteiger charge is -2.29. The van der Waals surface area contributed by atoms with Crippen LogP contribution in [0.5, 0.6) is 0 Å². The number of carbonyl (C=O) groups excluding carboxylic acids is 1. The van der Waals surface area contributed by atoms with Gasteiger partial charge in [-0.15, -0.1) is 0 Å². The third kappa shape index (κ3) is 2.03. The van der Waals surface area contributed by atoms with E-state index in [1.807, 2.05) is 29.3 Å². The maximum absolute atomic E-state index is 12.8. The van der Waals surface area contributed by atoms with Crippen LogP contribution in [0.4, 0.5) is 11.4 Å². The maximum atomic E-state index is 12.8. The predicted molar refractivity (Wildman–Crippen MR) is 80.4 cm³/mol. The Morgan fingerprint density at radius 2 is 2.10 bits per heavy atom. The Labute approximate surface area is 122 Å². The van der Waals surface area contributed by atoms with Crippen LogP contribution in [0.15, 0.2) is 30.6 Å². The number of para-hydroxylation sites is 1. The summed E-state index contributed by atoms with van der Waals surface area (Å²) in [5.74, 6) is 1.02. The zero-order valence-electron chi connectivity index (χ0n) is 11.7. The van der Waals surface area contributed by atoms with Gasteiger partial charge in [-0.1, -0.05) is 6.07 Å². The number of fused-ring (bicyclic) bond motifs is 2. The average Bonchev–Trinajstić information content (AvgIpc) is 3.01. The fourth-order valence-corrected chi connectivity index (χ4v) is 2.97. The van der Waals surface area contributed by atoms with Crippen molar-refractivity contribution < 1.29 is 4.79 Å². The van der Waals surface area contributed by atoms with E-state index in [9.17, 15) is 4.79 Å². The number of benzene rings is 1. The first kappa shape index (κ1) is 12.3. The molecule has 108 valence electrons. The molecule has 0 radical (unpaired) electrons. The van der Waals surface area contributed by atoms with Crippen molar-refractivity contribution in [2.75, 3.05) is 30.3 Å². The van der Waals surface area contributed by atoms with Crippen molar-refractivity contribution in [2.45, 2.75) is 13.1 Å². The Kier molecular flexibility index (Phi) is 2.80. The molecule has 0 saturated heterocycles. The van der Waals surface area contributed by atoms with Gasteiger partial charge >= 0.3 is 0 Å². The Balaban J connectivity index is 1.64. The highest BCUT2D eigenvalue weighted by atomic mass is 16.2. The van der Waals surface area contributed by atoms with Crippen LogP contribution < -0.4 is 10.6 Å². The Hall–Kier alpha value is -2.50. The van der Waals surface area contributed by atoms with Crippen molar-refractivity contribution in [2.24, 2.45) is 0 Å². The molecule has 2 aromatic rings. The highest BCUT2D eigenvalue weighted by Gasteiger charge is 2.25. The summed E-state index contributed by atoms with van der Waals surface area (Å²) in [6.07, 6.45) is 3.76. The summed E-state index contributed by atoms with van der Waals surface area (Å²) in [5, 5.41) is 6.66. The number of hydrogen-bond acceptors (Lipinski definition) is 4. The van der Waals surface area contributed by atoms with E-state index < -0.39 is 0 Å². The first-order valence-electron chi connectivity index (χ1n) is 7.23. The van der Waals surface area contributed by atoms with Gasteiger partial charge in [-0.25, -0.2) is 4.98 Å². The SMILES string of the molecule is O=C(c1cccc2c1NCCN2)N1CCn2ccnc2C1. The van der Waals surface area contributed by atoms with Crippen LogP contribution in [0, 0.1) is 0 Å². The molecule has 0 unspecified atom stereocenters. The molecule has 0 atom stereocenters. The second-order valence-corrected chi connectivity index (χ2v) is 5.35. The minimum atomic E-state index is 0.0669. The van der Waals surface area contributed by atoms with Gasteiger partial charge in [0.2, 0.25) is 0 Å². The van der Waals surface area contributed by atoms with Crippen LogP contribution in [-0.4, -0.2) is 40.0 Å². The monoisotopic (exact) mass is 283 g/mol. The second kappa shape index (κ2) is 4.80. The summed E-state index contributed by atoms with van der Waals surface area (Å²) >= 11 is 0. The Bertz CT molecular complexity index is 693. The Morgan fingerprint density at radius 3 is 3.05 bits per heavy atom. The van der Waals surface area contributed by atoms with Crippen LogP contribution in [0.25, 0.3) is 0 Å². The molecule has 4 rings (SSSR count). The molecule has 0 bridgehead atoms. The molecule has 0 fully saturated rings. The van der Waals surface area contributed by atoms with E-state index in [4.69, 9.17) is 0 Å². The van der Waals surface area contributed by atoms with E-state index in [2.05, 4.69) is 20.2 Å². The maximum Gasteiger partial charge on any atom is 0.256 e. The number of nitrogens with zero attached hydrogens (tertiary/aromatic N) is 3. The van der Waals surface area contributed by atoms with Gasteiger partial charge in [0.25, 0.3) is 5.91 Å². The minimum absolute atomic E-state index is 0.0669. The summed E-state index contributed by atoms with van der Waals surface area (Å²) in [4.78, 5) is 19.0. The lowest BCUT2D eigenvalue weighted by Crippen LogP contribution is -2.39. The zero-order valence-corrected chi connectivity index (χ0v) is 11.7. The molecular weight excluding hydrogens is 266 g/mol. The van der Waals surface area contributed by atoms with Crippen LogP contribution in [0.1, 0.15) is 16.2 Å². The number of aromatic nitrogens is 2. The fraction of sp³-hybridized carbons (Fsp3) is 0.333. The summed E-state index contributed by atoms with van der Waals surface area (Å²) in [5.41, 5.74) is 2.66. The molecule has 0 aliphatic carbocycles. The third-order valence-electron chi connectivity index (χ3n) is 4.07. The standard InChI is InChI=1S/C15H17N5O/c21-15(20-9-8-19-7-6-17-13(19)10-20)11-2-1-3-12-14(11)18-5-4-16-12/h1-3,6-7,16,18H,4-5,8-10H2. The summed E-state index contributed by atoms with van der Waals surface area (Å²) in [6.45, 7) is 3.82. The molecule has 3 heterocycles. The molecule has 1 aromatic carbocycles. The first-order chi connectivity index (χ1) is 10.3. The van der Waals surface area contributed by atoms with Crippen LogP contribution in [-0.2, 0) is 13.1 Å². The molecule has 1 amide bonds. The second-order valence-electron chi connectivity index (χ2n) is 5.35. The minimum Gasteiger partial charge on any atom is -0.382 e. The summed E-state index contributed by atoms with van der Waals surface area (Å²) < 4.78 is 2.10. The van der Waals surface area contributed by atoms with E-state index in [1.165, 1.54) is 0 Å². The van der Waals surface area contributed by atoms with Gasteiger partial charge in [0, 0.05) is 38.6 Å². The number of hydrogen-bond donors (Lipinski definition) is 2. The largest absolute Gasteiger partial charge is 0.382 e. The molecule has 1 aromatic heterocycles. The molecule has 0 spiro atoms. The average molecular weight is 283 g/mol. The van der Waals surface area contributed by atoms with Crippen molar-refractivity contribution in [3.63, 3.8) is 0 Å². The quantitative estimate of drug-likeness (QED) is 0.830. The Morgan fingerprint density at radius 1 is 1.19 bits per heavy atom. The molecule has 2 N–H and O–H groups in total. The van der Waals surface area contributed by atoms with E-state index in [0.29, 0.717) is 6.54 Å². The molecule has 6 heteroatoms. The number of rotatable bonds is 1. The van der Waals surface area contributed by atoms with Gasteiger partial charge in [0.05, 0.1) is 23.5 Å². The van der Waals surface area contributed by atoms with E-state index in [1.54, 1.807) is 6.20 Å². The van der Waals surface area contributed by atoms with Crippen molar-refractivity contribution in [1.29, 1.82) is 0 Å². The van der Waals surface area contributed by atoms with Crippen LogP contribution in [0.3, 0.4) is 0 Å². The predicted octanol–water partition coefficient (Wildman–Crippen LogP) is 1.38. The lowest BCUT2D eigenvalue weighted by atomic mass is 10.1. The van der Waals surface area contributed by atoms with E-state index in [-0.39, 0.29) is 5.91 Å². The number of nitrogens with one attached hydrogen (secondary N) is 2. The van der Waals surface area contributed by atoms with Crippen molar-refractivity contribution >= 4 is 17.3 Å². The fourth-order valence-electron chi connectivity index (χ4n) is 2.97. The van der Waals surface area contributed by atoms with Gasteiger partial charge < -0.3 is 20.1 Å². The number of imidazole rings is 1. The first-order valence-corrected chi connectivity index (χ1v) is 7.23. The van der Waals surface area contributed by atoms with Crippen LogP contribution in [0.2, 0.25) is 0 Å². The van der Waals surface area contributed by atoms with Crippen molar-refractivity contribution in [3.8, 4) is 0 Å². The molecule has 21 heavy (non-hydrogen) atoms. The summed E-state index contributed by atoms with van der Waals surface area (Å²) in [6, 6.07) is 5.82. The third-order valence-corrected chi connectivity index (χ3v) is 4.07. The van der Waals surface area contributed by atoms with E-state index >= 15 is 0 Å². The normalized spacial score (nSPS) is 16.5. The molecule has 6 nitrogen and oxygen atoms in total. The smallest absolute Gasteiger partial charge is 0.256 e. The van der Waals surface area contributed by atoms with Crippen LogP contribution >= 0.6 is 0 Å². The van der Waals surface area contributed by atoms with Gasteiger partial charge in [0.1, 0.15) is 5.82 Å². The van der Waals surface area contributed by atoms with Gasteiger partial charge in [-0.2, -0.15) is 0 Å². The molecule has 2 aliphatic heterocycles. The summed E-state index contributed by atoms with van der Waals surface area (Å²) in [7, 11) is 0. The van der Waals surface area contributed by atoms with Crippen molar-refractivity contribution in [3.05, 3.63) is 42.0 Å². The van der Waals surface area contributed by atoms with Crippen molar-refractivity contribution in [1.82, 2.24) is 14.5 Å².